The highest BCUT2D eigenvalue weighted by Gasteiger charge is 2.36. The van der Waals surface area contributed by atoms with E-state index in [0.29, 0.717) is 17.7 Å². The first-order valence-corrected chi connectivity index (χ1v) is 8.29. The molecule has 0 saturated carbocycles. The molecule has 0 saturated heterocycles. The monoisotopic (exact) mass is 427 g/mol. The van der Waals surface area contributed by atoms with Crippen molar-refractivity contribution < 1.29 is 32.4 Å². The summed E-state index contributed by atoms with van der Waals surface area (Å²) in [6.07, 6.45) is -4.64. The molecule has 0 aliphatic heterocycles. The second kappa shape index (κ2) is 8.44. The number of nitro groups is 1. The first-order valence-electron chi connectivity index (χ1n) is 7.91. The number of aryl methyl sites for hydroxylation is 1. The Kier molecular flexibility index (Phi) is 6.43. The van der Waals surface area contributed by atoms with Crippen LogP contribution in [0.3, 0.4) is 0 Å². The van der Waals surface area contributed by atoms with E-state index in [2.05, 4.69) is 4.74 Å². The summed E-state index contributed by atoms with van der Waals surface area (Å²) in [6, 6.07) is 6.17. The van der Waals surface area contributed by atoms with Crippen molar-refractivity contribution in [1.82, 2.24) is 0 Å². The van der Waals surface area contributed by atoms with Gasteiger partial charge in [0.05, 0.1) is 23.2 Å². The molecule has 2 rings (SSSR count). The zero-order valence-corrected chi connectivity index (χ0v) is 15.8. The number of carbonyl (C=O) groups excluding carboxylic acids is 2. The number of alkyl halides is 3. The molecular weight excluding hydrogens is 415 g/mol. The number of esters is 1. The zero-order chi connectivity index (χ0) is 21.9. The molecule has 152 valence electrons. The van der Waals surface area contributed by atoms with Gasteiger partial charge in [-0.1, -0.05) is 17.7 Å². The van der Waals surface area contributed by atoms with Gasteiger partial charge in [-0.15, -0.1) is 0 Å². The molecule has 0 radical (unpaired) electrons. The summed E-state index contributed by atoms with van der Waals surface area (Å²) in [5.41, 5.74) is -2.25. The highest BCUT2D eigenvalue weighted by Crippen LogP contribution is 2.37. The Morgan fingerprint density at radius 3 is 2.31 bits per heavy atom. The number of ketones is 1. The SMILES string of the molecule is COC(=O)c1ccc(C(=O)/C=C(/c2cc(Cl)cc([N+](=O)[O-])c2)C(F)(F)F)cc1C. The summed E-state index contributed by atoms with van der Waals surface area (Å²) in [5, 5.41) is 10.6. The summed E-state index contributed by atoms with van der Waals surface area (Å²) in [4.78, 5) is 34.0. The average Bonchev–Trinajstić information content (AvgIpc) is 2.63. The predicted molar refractivity (Wildman–Crippen MR) is 99.0 cm³/mol. The molecule has 0 spiro atoms. The van der Waals surface area contributed by atoms with Crippen LogP contribution >= 0.6 is 11.6 Å². The van der Waals surface area contributed by atoms with E-state index < -0.39 is 39.7 Å². The van der Waals surface area contributed by atoms with Gasteiger partial charge in [-0.3, -0.25) is 14.9 Å². The Balaban J connectivity index is 2.55. The molecule has 0 fully saturated rings. The highest BCUT2D eigenvalue weighted by atomic mass is 35.5. The molecule has 6 nitrogen and oxygen atoms in total. The van der Waals surface area contributed by atoms with Gasteiger partial charge in [-0.05, 0) is 42.3 Å². The quantitative estimate of drug-likeness (QED) is 0.216. The molecule has 0 aliphatic rings. The van der Waals surface area contributed by atoms with E-state index in [0.717, 1.165) is 12.1 Å². The van der Waals surface area contributed by atoms with E-state index in [-0.39, 0.29) is 16.1 Å². The minimum atomic E-state index is -4.98. The van der Waals surface area contributed by atoms with Crippen LogP contribution in [0.15, 0.2) is 42.5 Å². The van der Waals surface area contributed by atoms with Gasteiger partial charge in [0.1, 0.15) is 0 Å². The van der Waals surface area contributed by atoms with E-state index in [1.54, 1.807) is 0 Å². The van der Waals surface area contributed by atoms with Crippen LogP contribution < -0.4 is 0 Å². The van der Waals surface area contributed by atoms with Crippen molar-refractivity contribution in [3.8, 4) is 0 Å². The number of hydrogen-bond donors (Lipinski definition) is 0. The normalized spacial score (nSPS) is 11.9. The molecule has 0 aromatic heterocycles. The second-order valence-electron chi connectivity index (χ2n) is 5.90. The lowest BCUT2D eigenvalue weighted by Crippen LogP contribution is -2.13. The maximum absolute atomic E-state index is 13.5. The lowest BCUT2D eigenvalue weighted by molar-refractivity contribution is -0.384. The number of methoxy groups -OCH3 is 1. The summed E-state index contributed by atoms with van der Waals surface area (Å²) in [6.45, 7) is 1.50. The van der Waals surface area contributed by atoms with Gasteiger partial charge in [-0.2, -0.15) is 13.2 Å². The van der Waals surface area contributed by atoms with Crippen LogP contribution in [-0.4, -0.2) is 30.0 Å². The van der Waals surface area contributed by atoms with Gasteiger partial charge in [0.2, 0.25) is 0 Å². The molecule has 0 bridgehead atoms. The molecule has 0 heterocycles. The maximum Gasteiger partial charge on any atom is 0.417 e. The van der Waals surface area contributed by atoms with Crippen molar-refractivity contribution in [3.63, 3.8) is 0 Å². The van der Waals surface area contributed by atoms with E-state index in [1.807, 2.05) is 0 Å². The molecule has 29 heavy (non-hydrogen) atoms. The molecule has 0 aliphatic carbocycles. The summed E-state index contributed by atoms with van der Waals surface area (Å²) >= 11 is 5.70. The molecule has 0 amide bonds. The molecule has 0 atom stereocenters. The number of nitrogens with zero attached hydrogens (tertiary/aromatic N) is 1. The van der Waals surface area contributed by atoms with Gasteiger partial charge in [-0.25, -0.2) is 4.79 Å². The predicted octanol–water partition coefficient (Wildman–Crippen LogP) is 5.17. The molecular formula is C19H13ClF3NO5. The van der Waals surface area contributed by atoms with Crippen molar-refractivity contribution in [2.45, 2.75) is 13.1 Å². The Bertz CT molecular complexity index is 1030. The van der Waals surface area contributed by atoms with Crippen LogP contribution in [0.2, 0.25) is 5.02 Å². The van der Waals surface area contributed by atoms with Crippen molar-refractivity contribution >= 4 is 34.6 Å². The lowest BCUT2D eigenvalue weighted by Gasteiger charge is -2.13. The van der Waals surface area contributed by atoms with Gasteiger partial charge >= 0.3 is 12.1 Å². The van der Waals surface area contributed by atoms with Crippen LogP contribution in [0, 0.1) is 17.0 Å². The van der Waals surface area contributed by atoms with Crippen molar-refractivity contribution in [3.05, 3.63) is 79.9 Å². The molecule has 0 unspecified atom stereocenters. The number of rotatable bonds is 5. The molecule has 10 heteroatoms. The number of halogens is 4. The van der Waals surface area contributed by atoms with Crippen molar-refractivity contribution in [2.24, 2.45) is 0 Å². The molecule has 2 aromatic rings. The van der Waals surface area contributed by atoms with E-state index in [1.165, 1.54) is 32.2 Å². The average molecular weight is 428 g/mol. The minimum Gasteiger partial charge on any atom is -0.465 e. The Labute approximate surface area is 167 Å². The Hall–Kier alpha value is -3.20. The lowest BCUT2D eigenvalue weighted by atomic mass is 9.98. The Morgan fingerprint density at radius 1 is 1.14 bits per heavy atom. The van der Waals surface area contributed by atoms with Gasteiger partial charge in [0.25, 0.3) is 5.69 Å². The van der Waals surface area contributed by atoms with Crippen LogP contribution in [0.5, 0.6) is 0 Å². The zero-order valence-electron chi connectivity index (χ0n) is 15.0. The third kappa shape index (κ3) is 5.20. The molecule has 0 N–H and O–H groups in total. The fourth-order valence-electron chi connectivity index (χ4n) is 2.53. The first kappa shape index (κ1) is 22.1. The van der Waals surface area contributed by atoms with Crippen molar-refractivity contribution in [2.75, 3.05) is 7.11 Å². The summed E-state index contributed by atoms with van der Waals surface area (Å²) in [5.74, 6) is -1.65. The highest BCUT2D eigenvalue weighted by molar-refractivity contribution is 6.31. The smallest absolute Gasteiger partial charge is 0.417 e. The second-order valence-corrected chi connectivity index (χ2v) is 6.33. The number of carbonyl (C=O) groups is 2. The number of ether oxygens (including phenoxy) is 1. The summed E-state index contributed by atoms with van der Waals surface area (Å²) in [7, 11) is 1.17. The van der Waals surface area contributed by atoms with Gasteiger partial charge in [0, 0.05) is 22.7 Å². The fraction of sp³-hybridized carbons (Fsp3) is 0.158. The largest absolute Gasteiger partial charge is 0.465 e. The third-order valence-corrected chi connectivity index (χ3v) is 4.12. The van der Waals surface area contributed by atoms with Crippen LogP contribution in [0.25, 0.3) is 5.57 Å². The van der Waals surface area contributed by atoms with Gasteiger partial charge in [0.15, 0.2) is 5.78 Å². The number of non-ortho nitro benzene ring substituents is 1. The van der Waals surface area contributed by atoms with Gasteiger partial charge < -0.3 is 4.74 Å². The van der Waals surface area contributed by atoms with Crippen molar-refractivity contribution in [1.29, 1.82) is 0 Å². The number of allylic oxidation sites excluding steroid dienone is 2. The number of nitro benzene ring substituents is 1. The van der Waals surface area contributed by atoms with Crippen LogP contribution in [0.1, 0.15) is 31.8 Å². The number of benzene rings is 2. The van der Waals surface area contributed by atoms with E-state index >= 15 is 0 Å². The fourth-order valence-corrected chi connectivity index (χ4v) is 2.76. The minimum absolute atomic E-state index is 0.103. The standard InChI is InChI=1S/C19H13ClF3NO5/c1-10-5-11(3-4-15(10)18(26)29-2)17(25)9-16(19(21,22)23)12-6-13(20)8-14(7-12)24(27)28/h3-9H,1-2H3/b16-9-. The topological polar surface area (TPSA) is 86.5 Å². The number of hydrogen-bond acceptors (Lipinski definition) is 5. The third-order valence-electron chi connectivity index (χ3n) is 3.90. The summed E-state index contributed by atoms with van der Waals surface area (Å²) < 4.78 is 45.2. The van der Waals surface area contributed by atoms with Crippen LogP contribution in [-0.2, 0) is 4.74 Å². The first-order chi connectivity index (χ1) is 13.4. The van der Waals surface area contributed by atoms with Crippen LogP contribution in [0.4, 0.5) is 18.9 Å². The van der Waals surface area contributed by atoms with E-state index in [4.69, 9.17) is 11.6 Å². The Morgan fingerprint density at radius 2 is 1.79 bits per heavy atom. The maximum atomic E-state index is 13.5. The molecule has 2 aromatic carbocycles. The van der Waals surface area contributed by atoms with E-state index in [9.17, 15) is 32.9 Å².